The lowest BCUT2D eigenvalue weighted by Crippen LogP contribution is -2.11. The first-order valence-electron chi connectivity index (χ1n) is 4.86. The Bertz CT molecular complexity index is 615. The van der Waals surface area contributed by atoms with Crippen molar-refractivity contribution in [1.29, 1.82) is 0 Å². The Morgan fingerprint density at radius 2 is 2.00 bits per heavy atom. The Hall–Kier alpha value is -2.37. The molecule has 0 aliphatic carbocycles. The van der Waals surface area contributed by atoms with Crippen molar-refractivity contribution < 1.29 is 14.3 Å². The molecule has 0 radical (unpaired) electrons. The van der Waals surface area contributed by atoms with Gasteiger partial charge in [0.2, 0.25) is 0 Å². The number of rotatable bonds is 3. The number of aromatic nitrogens is 2. The summed E-state index contributed by atoms with van der Waals surface area (Å²) < 4.78 is 13.5. The van der Waals surface area contributed by atoms with Crippen LogP contribution in [0.4, 0.5) is 4.39 Å². The van der Waals surface area contributed by atoms with Gasteiger partial charge in [-0.15, -0.1) is 0 Å². The van der Waals surface area contributed by atoms with Crippen molar-refractivity contribution in [3.63, 3.8) is 0 Å². The molecule has 0 saturated heterocycles. The van der Waals surface area contributed by atoms with Gasteiger partial charge in [-0.1, -0.05) is 12.1 Å². The van der Waals surface area contributed by atoms with E-state index in [0.717, 1.165) is 0 Å². The first-order chi connectivity index (χ1) is 8.09. The van der Waals surface area contributed by atoms with E-state index >= 15 is 0 Å². The van der Waals surface area contributed by atoms with Crippen molar-refractivity contribution in [2.24, 2.45) is 0 Å². The van der Waals surface area contributed by atoms with E-state index in [1.807, 2.05) is 0 Å². The number of hydrogen-bond acceptors (Lipinski definition) is 2. The van der Waals surface area contributed by atoms with Crippen molar-refractivity contribution in [3.05, 3.63) is 46.0 Å². The number of aliphatic carboxylic acids is 1. The summed E-state index contributed by atoms with van der Waals surface area (Å²) in [6.45, 7) is 0. The quantitative estimate of drug-likeness (QED) is 0.746. The minimum atomic E-state index is -1.15. The van der Waals surface area contributed by atoms with Gasteiger partial charge in [-0.25, -0.2) is 4.39 Å². The van der Waals surface area contributed by atoms with Gasteiger partial charge in [-0.2, -0.15) is 0 Å². The molecular weight excluding hydrogens is 227 g/mol. The maximum Gasteiger partial charge on any atom is 0.308 e. The van der Waals surface area contributed by atoms with Gasteiger partial charge in [-0.3, -0.25) is 19.8 Å². The zero-order valence-electron chi connectivity index (χ0n) is 8.66. The van der Waals surface area contributed by atoms with Crippen molar-refractivity contribution >= 4 is 5.97 Å². The number of carboxylic acid groups (broad SMARTS) is 1. The Labute approximate surface area is 94.9 Å². The number of nitrogens with one attached hydrogen (secondary N) is 2. The van der Waals surface area contributed by atoms with Crippen LogP contribution in [0.2, 0.25) is 0 Å². The number of benzene rings is 1. The van der Waals surface area contributed by atoms with Gasteiger partial charge < -0.3 is 5.11 Å². The maximum absolute atomic E-state index is 13.5. The van der Waals surface area contributed by atoms with Gasteiger partial charge in [0.25, 0.3) is 5.56 Å². The Morgan fingerprint density at radius 3 is 2.65 bits per heavy atom. The molecule has 88 valence electrons. The zero-order chi connectivity index (χ0) is 12.4. The number of H-pyrrole nitrogens is 2. The highest BCUT2D eigenvalue weighted by Gasteiger charge is 2.16. The second-order valence-electron chi connectivity index (χ2n) is 3.48. The van der Waals surface area contributed by atoms with Gasteiger partial charge in [0, 0.05) is 5.56 Å². The van der Waals surface area contributed by atoms with Crippen molar-refractivity contribution in [1.82, 2.24) is 10.2 Å². The molecule has 0 spiro atoms. The smallest absolute Gasteiger partial charge is 0.308 e. The summed E-state index contributed by atoms with van der Waals surface area (Å²) in [6.07, 6.45) is -0.456. The first kappa shape index (κ1) is 11.1. The molecule has 0 aliphatic heterocycles. The molecule has 2 rings (SSSR count). The van der Waals surface area contributed by atoms with Crippen LogP contribution in [-0.2, 0) is 11.2 Å². The molecule has 6 heteroatoms. The van der Waals surface area contributed by atoms with Crippen LogP contribution >= 0.6 is 0 Å². The fourth-order valence-electron chi connectivity index (χ4n) is 1.60. The van der Waals surface area contributed by atoms with E-state index in [-0.39, 0.29) is 16.8 Å². The number of halogens is 1. The fourth-order valence-corrected chi connectivity index (χ4v) is 1.60. The van der Waals surface area contributed by atoms with Gasteiger partial charge in [-0.05, 0) is 12.1 Å². The topological polar surface area (TPSA) is 85.9 Å². The molecule has 2 aromatic rings. The van der Waals surface area contributed by atoms with Crippen molar-refractivity contribution in [2.75, 3.05) is 0 Å². The second-order valence-corrected chi connectivity index (χ2v) is 3.48. The summed E-state index contributed by atoms with van der Waals surface area (Å²) in [5.74, 6) is -1.66. The third kappa shape index (κ3) is 2.10. The van der Waals surface area contributed by atoms with Crippen LogP contribution in [0.3, 0.4) is 0 Å². The third-order valence-corrected chi connectivity index (χ3v) is 2.35. The van der Waals surface area contributed by atoms with Gasteiger partial charge in [0.1, 0.15) is 5.82 Å². The average molecular weight is 236 g/mol. The fraction of sp³-hybridized carbons (Fsp3) is 0.0909. The van der Waals surface area contributed by atoms with Gasteiger partial charge in [0.05, 0.1) is 17.7 Å². The van der Waals surface area contributed by atoms with Crippen LogP contribution in [-0.4, -0.2) is 21.3 Å². The third-order valence-electron chi connectivity index (χ3n) is 2.35. The number of aromatic amines is 2. The van der Waals surface area contributed by atoms with Crippen LogP contribution in [0.15, 0.2) is 29.1 Å². The Morgan fingerprint density at radius 1 is 1.29 bits per heavy atom. The highest BCUT2D eigenvalue weighted by molar-refractivity contribution is 5.74. The van der Waals surface area contributed by atoms with Crippen molar-refractivity contribution in [3.8, 4) is 11.3 Å². The normalized spacial score (nSPS) is 10.4. The first-order valence-corrected chi connectivity index (χ1v) is 4.86. The minimum Gasteiger partial charge on any atom is -0.481 e. The van der Waals surface area contributed by atoms with Gasteiger partial charge in [0.15, 0.2) is 0 Å². The van der Waals surface area contributed by atoms with Crippen molar-refractivity contribution in [2.45, 2.75) is 6.42 Å². The summed E-state index contributed by atoms with van der Waals surface area (Å²) in [6, 6.07) is 5.83. The zero-order valence-corrected chi connectivity index (χ0v) is 8.66. The summed E-state index contributed by atoms with van der Waals surface area (Å²) in [4.78, 5) is 22.0. The molecule has 17 heavy (non-hydrogen) atoms. The molecule has 0 amide bonds. The molecule has 1 aromatic carbocycles. The summed E-state index contributed by atoms with van der Waals surface area (Å²) in [5.41, 5.74) is -0.189. The second kappa shape index (κ2) is 4.25. The largest absolute Gasteiger partial charge is 0.481 e. The maximum atomic E-state index is 13.5. The molecule has 1 heterocycles. The number of carboxylic acids is 1. The standard InChI is InChI=1S/C11H9FN2O3/c12-8-4-2-1-3-6(8)10-7(5-9(15)16)11(17)14-13-10/h1-4H,5H2,(H,15,16)(H2,13,14,17). The number of carbonyl (C=O) groups is 1. The Balaban J connectivity index is 2.57. The van der Waals surface area contributed by atoms with Crippen LogP contribution in [0.25, 0.3) is 11.3 Å². The summed E-state index contributed by atoms with van der Waals surface area (Å²) >= 11 is 0. The number of hydrogen-bond donors (Lipinski definition) is 3. The lowest BCUT2D eigenvalue weighted by Gasteiger charge is -2.01. The monoisotopic (exact) mass is 236 g/mol. The molecule has 5 nitrogen and oxygen atoms in total. The molecule has 0 bridgehead atoms. The van der Waals surface area contributed by atoms with E-state index in [4.69, 9.17) is 5.11 Å². The van der Waals surface area contributed by atoms with E-state index in [2.05, 4.69) is 10.2 Å². The predicted molar refractivity (Wildman–Crippen MR) is 58.1 cm³/mol. The molecule has 3 N–H and O–H groups in total. The van der Waals surface area contributed by atoms with E-state index in [9.17, 15) is 14.0 Å². The van der Waals surface area contributed by atoms with Crippen LogP contribution in [0.1, 0.15) is 5.56 Å². The van der Waals surface area contributed by atoms with E-state index in [1.165, 1.54) is 18.2 Å². The molecular formula is C11H9FN2O3. The summed E-state index contributed by atoms with van der Waals surface area (Å²) in [7, 11) is 0. The van der Waals surface area contributed by atoms with E-state index < -0.39 is 23.8 Å². The molecule has 0 fully saturated rings. The van der Waals surface area contributed by atoms with Crippen LogP contribution < -0.4 is 5.56 Å². The lowest BCUT2D eigenvalue weighted by molar-refractivity contribution is -0.136. The molecule has 0 unspecified atom stereocenters. The predicted octanol–water partition coefficient (Wildman–Crippen LogP) is 1.14. The molecule has 0 aliphatic rings. The molecule has 0 atom stereocenters. The van der Waals surface area contributed by atoms with Gasteiger partial charge >= 0.3 is 5.97 Å². The minimum absolute atomic E-state index is 0.0163. The molecule has 0 saturated carbocycles. The SMILES string of the molecule is O=C(O)Cc1c(-c2ccccc2F)[nH][nH]c1=O. The average Bonchev–Trinajstić information content (AvgIpc) is 2.61. The summed E-state index contributed by atoms with van der Waals surface area (Å²) in [5, 5.41) is 13.4. The van der Waals surface area contributed by atoms with Crippen LogP contribution in [0, 0.1) is 5.82 Å². The van der Waals surface area contributed by atoms with E-state index in [0.29, 0.717) is 0 Å². The highest BCUT2D eigenvalue weighted by Crippen LogP contribution is 2.22. The highest BCUT2D eigenvalue weighted by atomic mass is 19.1. The lowest BCUT2D eigenvalue weighted by atomic mass is 10.1. The van der Waals surface area contributed by atoms with E-state index in [1.54, 1.807) is 6.07 Å². The molecule has 1 aromatic heterocycles. The van der Waals surface area contributed by atoms with Crippen LogP contribution in [0.5, 0.6) is 0 Å². The Kier molecular flexibility index (Phi) is 2.78.